The standard InChI is InChI=1S/C22H25F2N3O3/c1-2-29-21-12-16(14-25-26-19-8-7-17(23)13-18(19)24)6-9-20(21)30-15-22(28)27-10-4-3-5-11-27/h6-9,12-14,26H,2-5,10-11,15H2,1H3/b25-14-. The molecule has 1 amide bonds. The van der Waals surface area contributed by atoms with Gasteiger partial charge in [0.15, 0.2) is 23.9 Å². The molecule has 0 atom stereocenters. The fourth-order valence-corrected chi connectivity index (χ4v) is 3.12. The summed E-state index contributed by atoms with van der Waals surface area (Å²) in [6, 6.07) is 8.36. The number of hydrogen-bond acceptors (Lipinski definition) is 5. The Balaban J connectivity index is 1.62. The van der Waals surface area contributed by atoms with Gasteiger partial charge in [0.2, 0.25) is 0 Å². The molecule has 0 radical (unpaired) electrons. The van der Waals surface area contributed by atoms with Gasteiger partial charge in [-0.25, -0.2) is 8.78 Å². The van der Waals surface area contributed by atoms with Crippen LogP contribution in [-0.4, -0.2) is 43.3 Å². The summed E-state index contributed by atoms with van der Waals surface area (Å²) in [5.74, 6) is -0.465. The van der Waals surface area contributed by atoms with Crippen LogP contribution in [0.25, 0.3) is 0 Å². The van der Waals surface area contributed by atoms with E-state index in [1.54, 1.807) is 18.2 Å². The number of hydrazone groups is 1. The third kappa shape index (κ3) is 5.92. The lowest BCUT2D eigenvalue weighted by Crippen LogP contribution is -2.38. The molecule has 1 heterocycles. The van der Waals surface area contributed by atoms with Crippen molar-refractivity contribution in [3.63, 3.8) is 0 Å². The van der Waals surface area contributed by atoms with Gasteiger partial charge in [0.1, 0.15) is 5.82 Å². The van der Waals surface area contributed by atoms with Crippen LogP contribution in [0.3, 0.4) is 0 Å². The van der Waals surface area contributed by atoms with Crippen LogP contribution in [0.2, 0.25) is 0 Å². The Morgan fingerprint density at radius 1 is 1.10 bits per heavy atom. The third-order valence-electron chi connectivity index (χ3n) is 4.66. The number of benzene rings is 2. The van der Waals surface area contributed by atoms with Gasteiger partial charge in [-0.2, -0.15) is 5.10 Å². The van der Waals surface area contributed by atoms with E-state index in [0.717, 1.165) is 44.5 Å². The minimum atomic E-state index is -0.732. The van der Waals surface area contributed by atoms with Crippen LogP contribution in [0.15, 0.2) is 41.5 Å². The smallest absolute Gasteiger partial charge is 0.260 e. The molecule has 8 heteroatoms. The van der Waals surface area contributed by atoms with Gasteiger partial charge in [-0.05, 0) is 62.1 Å². The Labute approximate surface area is 174 Å². The highest BCUT2D eigenvalue weighted by molar-refractivity contribution is 5.82. The van der Waals surface area contributed by atoms with Crippen molar-refractivity contribution in [1.29, 1.82) is 0 Å². The van der Waals surface area contributed by atoms with E-state index >= 15 is 0 Å². The van der Waals surface area contributed by atoms with E-state index in [0.29, 0.717) is 23.7 Å². The summed E-state index contributed by atoms with van der Waals surface area (Å²) >= 11 is 0. The number of likely N-dealkylation sites (tertiary alicyclic amines) is 1. The summed E-state index contributed by atoms with van der Waals surface area (Å²) < 4.78 is 37.9. The summed E-state index contributed by atoms with van der Waals surface area (Å²) in [4.78, 5) is 14.1. The second-order valence-electron chi connectivity index (χ2n) is 6.86. The van der Waals surface area contributed by atoms with Crippen LogP contribution in [0.4, 0.5) is 14.5 Å². The van der Waals surface area contributed by atoms with E-state index in [9.17, 15) is 13.6 Å². The van der Waals surface area contributed by atoms with Crippen molar-refractivity contribution < 1.29 is 23.0 Å². The average Bonchev–Trinajstić information content (AvgIpc) is 2.75. The normalized spacial score (nSPS) is 14.0. The van der Waals surface area contributed by atoms with Crippen molar-refractivity contribution >= 4 is 17.8 Å². The first kappa shape index (κ1) is 21.5. The summed E-state index contributed by atoms with van der Waals surface area (Å²) in [5, 5.41) is 3.97. The lowest BCUT2D eigenvalue weighted by atomic mass is 10.1. The lowest BCUT2D eigenvalue weighted by Gasteiger charge is -2.26. The van der Waals surface area contributed by atoms with Gasteiger partial charge in [-0.3, -0.25) is 10.2 Å². The van der Waals surface area contributed by atoms with Gasteiger partial charge in [-0.1, -0.05) is 0 Å². The van der Waals surface area contributed by atoms with E-state index in [1.807, 2.05) is 11.8 Å². The molecule has 1 aliphatic rings. The van der Waals surface area contributed by atoms with Gasteiger partial charge in [0.25, 0.3) is 5.91 Å². The van der Waals surface area contributed by atoms with E-state index < -0.39 is 11.6 Å². The van der Waals surface area contributed by atoms with Crippen molar-refractivity contribution in [1.82, 2.24) is 4.90 Å². The largest absolute Gasteiger partial charge is 0.490 e. The maximum absolute atomic E-state index is 13.6. The van der Waals surface area contributed by atoms with Gasteiger partial charge in [0.05, 0.1) is 18.5 Å². The van der Waals surface area contributed by atoms with Crippen LogP contribution in [-0.2, 0) is 4.79 Å². The Bertz CT molecular complexity index is 899. The quantitative estimate of drug-likeness (QED) is 0.517. The minimum absolute atomic E-state index is 0.0340. The number of amides is 1. The summed E-state index contributed by atoms with van der Waals surface area (Å²) in [7, 11) is 0. The van der Waals surface area contributed by atoms with Crippen molar-refractivity contribution in [3.8, 4) is 11.5 Å². The number of piperidine rings is 1. The predicted octanol–water partition coefficient (Wildman–Crippen LogP) is 4.20. The fourth-order valence-electron chi connectivity index (χ4n) is 3.12. The highest BCUT2D eigenvalue weighted by Crippen LogP contribution is 2.28. The molecule has 160 valence electrons. The molecule has 0 aliphatic carbocycles. The molecule has 3 rings (SSSR count). The van der Waals surface area contributed by atoms with Gasteiger partial charge < -0.3 is 14.4 Å². The van der Waals surface area contributed by atoms with Crippen LogP contribution in [0, 0.1) is 11.6 Å². The predicted molar refractivity (Wildman–Crippen MR) is 111 cm³/mol. The van der Waals surface area contributed by atoms with Gasteiger partial charge in [0, 0.05) is 19.2 Å². The van der Waals surface area contributed by atoms with Crippen molar-refractivity contribution in [2.24, 2.45) is 5.10 Å². The molecule has 0 spiro atoms. The third-order valence-corrected chi connectivity index (χ3v) is 4.66. The van der Waals surface area contributed by atoms with E-state index in [-0.39, 0.29) is 18.2 Å². The first-order valence-corrected chi connectivity index (χ1v) is 9.98. The van der Waals surface area contributed by atoms with Crippen LogP contribution in [0.5, 0.6) is 11.5 Å². The number of hydrogen-bond donors (Lipinski definition) is 1. The van der Waals surface area contributed by atoms with Gasteiger partial charge in [-0.15, -0.1) is 0 Å². The number of halogens is 2. The highest BCUT2D eigenvalue weighted by Gasteiger charge is 2.17. The number of rotatable bonds is 8. The molecule has 0 bridgehead atoms. The minimum Gasteiger partial charge on any atom is -0.490 e. The number of ether oxygens (including phenoxy) is 2. The zero-order valence-electron chi connectivity index (χ0n) is 16.9. The summed E-state index contributed by atoms with van der Waals surface area (Å²) in [6.07, 6.45) is 4.69. The monoisotopic (exact) mass is 417 g/mol. The number of anilines is 1. The highest BCUT2D eigenvalue weighted by atomic mass is 19.1. The van der Waals surface area contributed by atoms with E-state index in [2.05, 4.69) is 10.5 Å². The molecule has 0 saturated carbocycles. The maximum Gasteiger partial charge on any atom is 0.260 e. The Hall–Kier alpha value is -3.16. The molecule has 30 heavy (non-hydrogen) atoms. The van der Waals surface area contributed by atoms with Crippen molar-refractivity contribution in [2.75, 3.05) is 31.7 Å². The number of carbonyl (C=O) groups is 1. The van der Waals surface area contributed by atoms with Crippen molar-refractivity contribution in [3.05, 3.63) is 53.6 Å². The molecular formula is C22H25F2N3O3. The first-order chi connectivity index (χ1) is 14.6. The zero-order chi connectivity index (χ0) is 21.3. The molecule has 0 unspecified atom stereocenters. The molecule has 1 saturated heterocycles. The molecule has 6 nitrogen and oxygen atoms in total. The molecule has 0 aromatic heterocycles. The zero-order valence-corrected chi connectivity index (χ0v) is 16.9. The molecule has 2 aromatic carbocycles. The van der Waals surface area contributed by atoms with E-state index in [1.165, 1.54) is 12.3 Å². The lowest BCUT2D eigenvalue weighted by molar-refractivity contribution is -0.134. The van der Waals surface area contributed by atoms with Crippen molar-refractivity contribution in [2.45, 2.75) is 26.2 Å². The Kier molecular flexibility index (Phi) is 7.59. The SMILES string of the molecule is CCOc1cc(/C=N\Nc2ccc(F)cc2F)ccc1OCC(=O)N1CCCCC1. The fraction of sp³-hybridized carbons (Fsp3) is 0.364. The molecule has 1 fully saturated rings. The first-order valence-electron chi connectivity index (χ1n) is 9.98. The number of nitrogens with one attached hydrogen (secondary N) is 1. The van der Waals surface area contributed by atoms with E-state index in [4.69, 9.17) is 9.47 Å². The summed E-state index contributed by atoms with van der Waals surface area (Å²) in [6.45, 7) is 3.78. The van der Waals surface area contributed by atoms with Crippen LogP contribution < -0.4 is 14.9 Å². The number of carbonyl (C=O) groups excluding carboxylic acids is 1. The van der Waals surface area contributed by atoms with Crippen LogP contribution in [0.1, 0.15) is 31.7 Å². The second-order valence-corrected chi connectivity index (χ2v) is 6.86. The Morgan fingerprint density at radius 2 is 1.90 bits per heavy atom. The number of nitrogens with zero attached hydrogens (tertiary/aromatic N) is 2. The second kappa shape index (κ2) is 10.6. The molecule has 1 aliphatic heterocycles. The molecular weight excluding hydrogens is 392 g/mol. The molecule has 2 aromatic rings. The van der Waals surface area contributed by atoms with Crippen LogP contribution >= 0.6 is 0 Å². The average molecular weight is 417 g/mol. The molecule has 1 N–H and O–H groups in total. The topological polar surface area (TPSA) is 63.2 Å². The maximum atomic E-state index is 13.6. The summed E-state index contributed by atoms with van der Waals surface area (Å²) in [5.41, 5.74) is 3.28. The Morgan fingerprint density at radius 3 is 2.63 bits per heavy atom. The van der Waals surface area contributed by atoms with Gasteiger partial charge >= 0.3 is 0 Å².